The molecule has 3 aromatic heterocycles. The molecule has 8 heteroatoms. The minimum absolute atomic E-state index is 0.580. The number of aryl methyl sites for hydroxylation is 1. The highest BCUT2D eigenvalue weighted by Crippen LogP contribution is 2.44. The maximum atomic E-state index is 6.75. The Kier molecular flexibility index (Phi) is 4.81. The van der Waals surface area contributed by atoms with Gasteiger partial charge in [0.2, 0.25) is 0 Å². The first-order valence-electron chi connectivity index (χ1n) is 9.72. The second kappa shape index (κ2) is 7.50. The lowest BCUT2D eigenvalue weighted by Gasteiger charge is -2.16. The molecular weight excluding hydrogens is 416 g/mol. The molecule has 6 nitrogen and oxygen atoms in total. The average Bonchev–Trinajstić information content (AvgIpc) is 3.28. The van der Waals surface area contributed by atoms with Crippen molar-refractivity contribution >= 4 is 28.1 Å². The maximum Gasteiger partial charge on any atom is 0.180 e. The van der Waals surface area contributed by atoms with Crippen molar-refractivity contribution in [3.05, 3.63) is 64.6 Å². The predicted octanol–water partition coefficient (Wildman–Crippen LogP) is 4.45. The number of aromatic nitrogens is 4. The van der Waals surface area contributed by atoms with Gasteiger partial charge in [-0.25, -0.2) is 9.67 Å². The number of hydrogen-bond donors (Lipinski definition) is 1. The van der Waals surface area contributed by atoms with Crippen LogP contribution in [0.1, 0.15) is 16.8 Å². The monoisotopic (exact) mass is 436 g/mol. The molecule has 0 spiro atoms. The Balaban J connectivity index is 1.73. The fourth-order valence-corrected chi connectivity index (χ4v) is 5.20. The van der Waals surface area contributed by atoms with Crippen LogP contribution in [0, 0.1) is 0 Å². The second-order valence-corrected chi connectivity index (χ2v) is 9.12. The minimum Gasteiger partial charge on any atom is -0.375 e. The number of halogens is 1. The van der Waals surface area contributed by atoms with Crippen molar-refractivity contribution in [2.75, 3.05) is 19.8 Å². The van der Waals surface area contributed by atoms with E-state index in [1.54, 1.807) is 6.20 Å². The van der Waals surface area contributed by atoms with Crippen molar-refractivity contribution in [1.82, 2.24) is 24.6 Å². The largest absolute Gasteiger partial charge is 0.375 e. The lowest BCUT2D eigenvalue weighted by molar-refractivity contribution is 0.402. The van der Waals surface area contributed by atoms with Gasteiger partial charge in [-0.2, -0.15) is 5.10 Å². The third-order valence-corrected chi connectivity index (χ3v) is 6.43. The zero-order valence-electron chi connectivity index (χ0n) is 16.8. The molecule has 30 heavy (non-hydrogen) atoms. The molecule has 4 aromatic rings. The van der Waals surface area contributed by atoms with Gasteiger partial charge in [-0.05, 0) is 56.8 Å². The quantitative estimate of drug-likeness (QED) is 0.511. The van der Waals surface area contributed by atoms with Gasteiger partial charge >= 0.3 is 0 Å². The molecule has 0 bridgehead atoms. The van der Waals surface area contributed by atoms with Crippen LogP contribution in [0.5, 0.6) is 0 Å². The average molecular weight is 437 g/mol. The minimum atomic E-state index is 0.580. The summed E-state index contributed by atoms with van der Waals surface area (Å²) in [6.07, 6.45) is 5.33. The van der Waals surface area contributed by atoms with Crippen LogP contribution in [0.25, 0.3) is 27.5 Å². The van der Waals surface area contributed by atoms with E-state index in [2.05, 4.69) is 20.9 Å². The lowest BCUT2D eigenvalue weighted by Crippen LogP contribution is -2.11. The van der Waals surface area contributed by atoms with Crippen LogP contribution < -0.4 is 5.73 Å². The molecule has 5 rings (SSSR count). The first-order chi connectivity index (χ1) is 14.5. The summed E-state index contributed by atoms with van der Waals surface area (Å²) in [5, 5.41) is 6.26. The predicted molar refractivity (Wildman–Crippen MR) is 122 cm³/mol. The summed E-state index contributed by atoms with van der Waals surface area (Å²) in [4.78, 5) is 12.0. The van der Waals surface area contributed by atoms with E-state index in [9.17, 15) is 0 Å². The van der Waals surface area contributed by atoms with Gasteiger partial charge in [0, 0.05) is 30.1 Å². The van der Waals surface area contributed by atoms with Crippen LogP contribution in [0.4, 0.5) is 5.13 Å². The second-order valence-electron chi connectivity index (χ2n) is 7.68. The highest BCUT2D eigenvalue weighted by Gasteiger charge is 2.30. The number of nitrogen functional groups attached to an aromatic ring is 1. The summed E-state index contributed by atoms with van der Waals surface area (Å²) < 4.78 is 1.95. The molecule has 1 aliphatic carbocycles. The molecule has 0 saturated heterocycles. The van der Waals surface area contributed by atoms with E-state index in [1.165, 1.54) is 16.9 Å². The summed E-state index contributed by atoms with van der Waals surface area (Å²) in [6, 6.07) is 10.1. The molecule has 0 unspecified atom stereocenters. The molecule has 0 radical (unpaired) electrons. The summed E-state index contributed by atoms with van der Waals surface area (Å²) in [5.41, 5.74) is 13.2. The third kappa shape index (κ3) is 3.29. The van der Waals surface area contributed by atoms with Gasteiger partial charge in [-0.1, -0.05) is 29.0 Å². The SMILES string of the molecule is CN(C)Cc1ccc(-n2nc(-c3cccnc3)c3c2-c2sc(N)nc2CC3)c(Cl)c1. The van der Waals surface area contributed by atoms with E-state index in [4.69, 9.17) is 22.4 Å². The van der Waals surface area contributed by atoms with Gasteiger partial charge in [0.1, 0.15) is 0 Å². The molecule has 2 N–H and O–H groups in total. The highest BCUT2D eigenvalue weighted by atomic mass is 35.5. The van der Waals surface area contributed by atoms with E-state index in [0.29, 0.717) is 10.2 Å². The molecular formula is C22H21ClN6S. The number of nitrogens with two attached hydrogens (primary N) is 1. The van der Waals surface area contributed by atoms with Crippen molar-refractivity contribution < 1.29 is 0 Å². The van der Waals surface area contributed by atoms with Crippen LogP contribution in [0.15, 0.2) is 42.7 Å². The van der Waals surface area contributed by atoms with Crippen LogP contribution in [0.3, 0.4) is 0 Å². The zero-order chi connectivity index (χ0) is 20.8. The number of fused-ring (bicyclic) bond motifs is 3. The first kappa shape index (κ1) is 19.2. The molecule has 152 valence electrons. The fourth-order valence-electron chi connectivity index (χ4n) is 3.98. The molecule has 0 saturated carbocycles. The number of pyridine rings is 1. The number of rotatable bonds is 4. The van der Waals surface area contributed by atoms with Gasteiger partial charge in [0.15, 0.2) is 5.13 Å². The molecule has 0 aliphatic heterocycles. The standard InChI is InChI=1S/C22H21ClN6S/c1-28(2)12-13-5-8-18(16(23)10-13)29-20-15(6-7-17-21(20)30-22(24)26-17)19(27-29)14-4-3-9-25-11-14/h3-5,8-11H,6-7,12H2,1-2H3,(H2,24,26). The first-order valence-corrected chi connectivity index (χ1v) is 10.9. The fraction of sp³-hybridized carbons (Fsp3) is 0.227. The van der Waals surface area contributed by atoms with E-state index in [-0.39, 0.29) is 0 Å². The van der Waals surface area contributed by atoms with Crippen LogP contribution in [-0.2, 0) is 19.4 Å². The van der Waals surface area contributed by atoms with Crippen LogP contribution in [0.2, 0.25) is 5.02 Å². The van der Waals surface area contributed by atoms with Gasteiger partial charge in [-0.15, -0.1) is 0 Å². The number of anilines is 1. The van der Waals surface area contributed by atoms with Gasteiger partial charge in [0.05, 0.1) is 32.7 Å². The lowest BCUT2D eigenvalue weighted by atomic mass is 9.95. The van der Waals surface area contributed by atoms with Crippen molar-refractivity contribution in [3.8, 4) is 27.5 Å². The molecule has 3 heterocycles. The Labute approximate surface area is 184 Å². The smallest absolute Gasteiger partial charge is 0.180 e. The molecule has 0 amide bonds. The van der Waals surface area contributed by atoms with Crippen molar-refractivity contribution in [1.29, 1.82) is 0 Å². The highest BCUT2D eigenvalue weighted by molar-refractivity contribution is 7.18. The zero-order valence-corrected chi connectivity index (χ0v) is 18.3. The normalized spacial score (nSPS) is 12.8. The van der Waals surface area contributed by atoms with E-state index in [1.807, 2.05) is 49.2 Å². The molecule has 1 aromatic carbocycles. The third-order valence-electron chi connectivity index (χ3n) is 5.20. The Hall–Kier alpha value is -2.74. The Morgan fingerprint density at radius 3 is 2.83 bits per heavy atom. The van der Waals surface area contributed by atoms with Crippen molar-refractivity contribution in [2.45, 2.75) is 19.4 Å². The molecule has 0 atom stereocenters. The topological polar surface area (TPSA) is 72.9 Å². The summed E-state index contributed by atoms with van der Waals surface area (Å²) in [5.74, 6) is 0. The van der Waals surface area contributed by atoms with E-state index < -0.39 is 0 Å². The van der Waals surface area contributed by atoms with E-state index in [0.717, 1.165) is 58.2 Å². The number of hydrogen-bond acceptors (Lipinski definition) is 6. The van der Waals surface area contributed by atoms with Crippen LogP contribution >= 0.6 is 22.9 Å². The number of benzene rings is 1. The van der Waals surface area contributed by atoms with E-state index >= 15 is 0 Å². The number of nitrogens with zero attached hydrogens (tertiary/aromatic N) is 5. The van der Waals surface area contributed by atoms with Crippen LogP contribution in [-0.4, -0.2) is 38.7 Å². The summed E-state index contributed by atoms with van der Waals surface area (Å²) in [6.45, 7) is 0.827. The summed E-state index contributed by atoms with van der Waals surface area (Å²) in [7, 11) is 4.09. The van der Waals surface area contributed by atoms with Crippen molar-refractivity contribution in [2.24, 2.45) is 0 Å². The molecule has 1 aliphatic rings. The Bertz CT molecular complexity index is 1230. The number of thiazole rings is 1. The maximum absolute atomic E-state index is 6.75. The van der Waals surface area contributed by atoms with Gasteiger partial charge < -0.3 is 10.6 Å². The Morgan fingerprint density at radius 1 is 1.23 bits per heavy atom. The molecule has 0 fully saturated rings. The Morgan fingerprint density at radius 2 is 2.10 bits per heavy atom. The van der Waals surface area contributed by atoms with Crippen molar-refractivity contribution in [3.63, 3.8) is 0 Å². The summed E-state index contributed by atoms with van der Waals surface area (Å²) >= 11 is 8.26. The van der Waals surface area contributed by atoms with Gasteiger partial charge in [0.25, 0.3) is 0 Å². The van der Waals surface area contributed by atoms with Gasteiger partial charge in [-0.3, -0.25) is 4.98 Å².